The van der Waals surface area contributed by atoms with Crippen LogP contribution in [-0.2, 0) is 4.79 Å². The van der Waals surface area contributed by atoms with Crippen molar-refractivity contribution in [1.29, 1.82) is 0 Å². The van der Waals surface area contributed by atoms with Crippen LogP contribution >= 0.6 is 0 Å². The van der Waals surface area contributed by atoms with Crippen molar-refractivity contribution in [1.82, 2.24) is 4.90 Å². The van der Waals surface area contributed by atoms with Crippen molar-refractivity contribution in [2.75, 3.05) is 26.3 Å². The van der Waals surface area contributed by atoms with Crippen molar-refractivity contribution in [3.63, 3.8) is 0 Å². The Hall–Kier alpha value is -1.76. The fourth-order valence-corrected chi connectivity index (χ4v) is 1.88. The molecule has 0 fully saturated rings. The summed E-state index contributed by atoms with van der Waals surface area (Å²) in [6, 6.07) is 5.39. The molecule has 1 aromatic carbocycles. The SMILES string of the molecule is Cc1cccc(C)c1OCC(=O)N(CCO)CC(F)(F)F. The van der Waals surface area contributed by atoms with Gasteiger partial charge in [-0.15, -0.1) is 0 Å². The van der Waals surface area contributed by atoms with Crippen LogP contribution in [0.1, 0.15) is 11.1 Å². The molecule has 0 saturated heterocycles. The second kappa shape index (κ2) is 7.31. The summed E-state index contributed by atoms with van der Waals surface area (Å²) in [5, 5.41) is 8.75. The first-order valence-corrected chi connectivity index (χ1v) is 6.39. The Morgan fingerprint density at radius 2 is 1.86 bits per heavy atom. The first kappa shape index (κ1) is 17.3. The number of carbonyl (C=O) groups is 1. The molecule has 1 N–H and O–H groups in total. The van der Waals surface area contributed by atoms with Crippen molar-refractivity contribution < 1.29 is 27.8 Å². The van der Waals surface area contributed by atoms with E-state index in [0.717, 1.165) is 11.1 Å². The molecule has 1 rings (SSSR count). The van der Waals surface area contributed by atoms with E-state index in [1.54, 1.807) is 26.0 Å². The third kappa shape index (κ3) is 5.63. The lowest BCUT2D eigenvalue weighted by Gasteiger charge is -2.23. The summed E-state index contributed by atoms with van der Waals surface area (Å²) >= 11 is 0. The zero-order valence-electron chi connectivity index (χ0n) is 11.9. The predicted molar refractivity (Wildman–Crippen MR) is 71.1 cm³/mol. The summed E-state index contributed by atoms with van der Waals surface area (Å²) in [6.45, 7) is 0.756. The van der Waals surface area contributed by atoms with Crippen LogP contribution in [0.3, 0.4) is 0 Å². The van der Waals surface area contributed by atoms with Crippen LogP contribution in [0.15, 0.2) is 18.2 Å². The van der Waals surface area contributed by atoms with Crippen molar-refractivity contribution in [2.24, 2.45) is 0 Å². The minimum absolute atomic E-state index is 0.380. The summed E-state index contributed by atoms with van der Waals surface area (Å²) in [6.07, 6.45) is -4.51. The number of hydrogen-bond donors (Lipinski definition) is 1. The molecule has 0 heterocycles. The number of aliphatic hydroxyl groups is 1. The van der Waals surface area contributed by atoms with E-state index in [9.17, 15) is 18.0 Å². The molecule has 21 heavy (non-hydrogen) atoms. The smallest absolute Gasteiger partial charge is 0.406 e. The minimum atomic E-state index is -4.51. The van der Waals surface area contributed by atoms with Gasteiger partial charge in [-0.25, -0.2) is 0 Å². The minimum Gasteiger partial charge on any atom is -0.483 e. The largest absolute Gasteiger partial charge is 0.483 e. The lowest BCUT2D eigenvalue weighted by molar-refractivity contribution is -0.163. The average molecular weight is 305 g/mol. The summed E-state index contributed by atoms with van der Waals surface area (Å²) in [5.74, 6) is -0.328. The van der Waals surface area contributed by atoms with Gasteiger partial charge in [0.05, 0.1) is 6.61 Å². The average Bonchev–Trinajstić information content (AvgIpc) is 2.36. The number of hydrogen-bond acceptors (Lipinski definition) is 3. The summed E-state index contributed by atoms with van der Waals surface area (Å²) < 4.78 is 42.4. The zero-order chi connectivity index (χ0) is 16.0. The lowest BCUT2D eigenvalue weighted by Crippen LogP contribution is -2.43. The maximum atomic E-state index is 12.4. The number of para-hydroxylation sites is 1. The maximum Gasteiger partial charge on any atom is 0.406 e. The molecular formula is C14H18F3NO3. The molecule has 0 unspecified atom stereocenters. The number of nitrogens with zero attached hydrogens (tertiary/aromatic N) is 1. The van der Waals surface area contributed by atoms with Gasteiger partial charge in [-0.3, -0.25) is 4.79 Å². The van der Waals surface area contributed by atoms with Crippen LogP contribution in [0.5, 0.6) is 5.75 Å². The van der Waals surface area contributed by atoms with E-state index < -0.39 is 31.8 Å². The predicted octanol–water partition coefficient (Wildman–Crippen LogP) is 2.07. The molecule has 1 aromatic rings. The molecule has 118 valence electrons. The van der Waals surface area contributed by atoms with E-state index in [1.807, 2.05) is 6.07 Å². The molecule has 0 bridgehead atoms. The topological polar surface area (TPSA) is 49.8 Å². The molecular weight excluding hydrogens is 287 g/mol. The Morgan fingerprint density at radius 3 is 2.33 bits per heavy atom. The standard InChI is InChI=1S/C14H18F3NO3/c1-10-4-3-5-11(2)13(10)21-8-12(20)18(6-7-19)9-14(15,16)17/h3-5,19H,6-9H2,1-2H3. The Bertz CT molecular complexity index is 469. The molecule has 4 nitrogen and oxygen atoms in total. The molecule has 1 amide bonds. The number of ether oxygens (including phenoxy) is 1. The summed E-state index contributed by atoms with van der Waals surface area (Å²) in [7, 11) is 0. The van der Waals surface area contributed by atoms with Crippen molar-refractivity contribution in [3.05, 3.63) is 29.3 Å². The highest BCUT2D eigenvalue weighted by atomic mass is 19.4. The molecule has 0 aromatic heterocycles. The lowest BCUT2D eigenvalue weighted by atomic mass is 10.1. The molecule has 0 saturated carbocycles. The second-order valence-electron chi connectivity index (χ2n) is 4.66. The third-order valence-corrected chi connectivity index (χ3v) is 2.84. The summed E-state index contributed by atoms with van der Waals surface area (Å²) in [5.41, 5.74) is 1.60. The number of halogens is 3. The fourth-order valence-electron chi connectivity index (χ4n) is 1.88. The zero-order valence-corrected chi connectivity index (χ0v) is 11.9. The van der Waals surface area contributed by atoms with E-state index in [4.69, 9.17) is 9.84 Å². The second-order valence-corrected chi connectivity index (χ2v) is 4.66. The maximum absolute atomic E-state index is 12.4. The normalized spacial score (nSPS) is 11.3. The summed E-state index contributed by atoms with van der Waals surface area (Å²) in [4.78, 5) is 12.3. The highest BCUT2D eigenvalue weighted by Gasteiger charge is 2.32. The number of benzene rings is 1. The first-order valence-electron chi connectivity index (χ1n) is 6.39. The molecule has 0 spiro atoms. The van der Waals surface area contributed by atoms with Crippen LogP contribution in [-0.4, -0.2) is 48.4 Å². The Labute approximate surface area is 121 Å². The molecule has 0 aliphatic rings. The third-order valence-electron chi connectivity index (χ3n) is 2.84. The van der Waals surface area contributed by atoms with Gasteiger partial charge >= 0.3 is 6.18 Å². The van der Waals surface area contributed by atoms with Gasteiger partial charge < -0.3 is 14.7 Å². The van der Waals surface area contributed by atoms with Gasteiger partial charge in [0.25, 0.3) is 5.91 Å². The monoisotopic (exact) mass is 305 g/mol. The van der Waals surface area contributed by atoms with Gasteiger partial charge in [-0.05, 0) is 25.0 Å². The van der Waals surface area contributed by atoms with Gasteiger partial charge in [-0.2, -0.15) is 13.2 Å². The molecule has 0 aliphatic carbocycles. The number of rotatable bonds is 6. The van der Waals surface area contributed by atoms with Crippen LogP contribution in [0.4, 0.5) is 13.2 Å². The van der Waals surface area contributed by atoms with Gasteiger partial charge in [-0.1, -0.05) is 18.2 Å². The van der Waals surface area contributed by atoms with Gasteiger partial charge in [0.1, 0.15) is 12.3 Å². The fraction of sp³-hybridized carbons (Fsp3) is 0.500. The van der Waals surface area contributed by atoms with Gasteiger partial charge in [0, 0.05) is 6.54 Å². The first-order chi connectivity index (χ1) is 9.74. The number of aliphatic hydroxyl groups excluding tert-OH is 1. The van der Waals surface area contributed by atoms with E-state index in [2.05, 4.69) is 0 Å². The number of aryl methyl sites for hydroxylation is 2. The van der Waals surface area contributed by atoms with E-state index >= 15 is 0 Å². The van der Waals surface area contributed by atoms with E-state index in [1.165, 1.54) is 0 Å². The number of carbonyl (C=O) groups excluding carboxylic acids is 1. The van der Waals surface area contributed by atoms with Crippen molar-refractivity contribution in [3.8, 4) is 5.75 Å². The van der Waals surface area contributed by atoms with Crippen LogP contribution in [0.25, 0.3) is 0 Å². The number of alkyl halides is 3. The van der Waals surface area contributed by atoms with Crippen molar-refractivity contribution >= 4 is 5.91 Å². The van der Waals surface area contributed by atoms with Crippen LogP contribution in [0.2, 0.25) is 0 Å². The highest BCUT2D eigenvalue weighted by Crippen LogP contribution is 2.22. The van der Waals surface area contributed by atoms with E-state index in [0.29, 0.717) is 10.6 Å². The van der Waals surface area contributed by atoms with E-state index in [-0.39, 0.29) is 6.54 Å². The van der Waals surface area contributed by atoms with Gasteiger partial charge in [0.2, 0.25) is 0 Å². The molecule has 0 radical (unpaired) electrons. The Morgan fingerprint density at radius 1 is 1.29 bits per heavy atom. The molecule has 0 atom stereocenters. The van der Waals surface area contributed by atoms with Gasteiger partial charge in [0.15, 0.2) is 6.61 Å². The highest BCUT2D eigenvalue weighted by molar-refractivity contribution is 5.78. The Kier molecular flexibility index (Phi) is 6.02. The molecule has 7 heteroatoms. The van der Waals surface area contributed by atoms with Crippen molar-refractivity contribution in [2.45, 2.75) is 20.0 Å². The Balaban J connectivity index is 2.69. The number of amides is 1. The quantitative estimate of drug-likeness (QED) is 0.875. The van der Waals surface area contributed by atoms with Crippen LogP contribution in [0, 0.1) is 13.8 Å². The van der Waals surface area contributed by atoms with Crippen LogP contribution < -0.4 is 4.74 Å². The molecule has 0 aliphatic heterocycles.